The SMILES string of the molecule is Cc1ccc2nc(C(O)C3OCCN(c4ccn(-c5ccnnc5)n4)C3=O)[nH]c(=O)c2c1. The van der Waals surface area contributed by atoms with E-state index in [-0.39, 0.29) is 19.0 Å². The van der Waals surface area contributed by atoms with Gasteiger partial charge in [-0.15, -0.1) is 5.10 Å². The Kier molecular flexibility index (Phi) is 4.96. The van der Waals surface area contributed by atoms with Crippen LogP contribution in [0, 0.1) is 6.92 Å². The molecule has 0 spiro atoms. The Morgan fingerprint density at radius 2 is 2.09 bits per heavy atom. The fourth-order valence-electron chi connectivity index (χ4n) is 3.64. The van der Waals surface area contributed by atoms with Gasteiger partial charge in [0, 0.05) is 12.3 Å². The molecule has 32 heavy (non-hydrogen) atoms. The predicted octanol–water partition coefficient (Wildman–Crippen LogP) is 0.673. The van der Waals surface area contributed by atoms with Gasteiger partial charge in [-0.1, -0.05) is 11.6 Å². The highest BCUT2D eigenvalue weighted by atomic mass is 16.5. The van der Waals surface area contributed by atoms with Crippen molar-refractivity contribution in [1.29, 1.82) is 0 Å². The van der Waals surface area contributed by atoms with Gasteiger partial charge >= 0.3 is 0 Å². The van der Waals surface area contributed by atoms with Crippen molar-refractivity contribution < 1.29 is 14.6 Å². The van der Waals surface area contributed by atoms with Crippen LogP contribution in [0.2, 0.25) is 0 Å². The number of rotatable bonds is 4. The summed E-state index contributed by atoms with van der Waals surface area (Å²) >= 11 is 0. The molecule has 3 aromatic heterocycles. The van der Waals surface area contributed by atoms with Crippen LogP contribution in [0.15, 0.2) is 53.7 Å². The average Bonchev–Trinajstić information content (AvgIpc) is 3.30. The first-order chi connectivity index (χ1) is 15.5. The first-order valence-electron chi connectivity index (χ1n) is 9.95. The first kappa shape index (κ1) is 20.0. The molecule has 0 bridgehead atoms. The van der Waals surface area contributed by atoms with Crippen LogP contribution >= 0.6 is 0 Å². The predicted molar refractivity (Wildman–Crippen MR) is 113 cm³/mol. The van der Waals surface area contributed by atoms with E-state index in [4.69, 9.17) is 4.74 Å². The zero-order valence-corrected chi connectivity index (χ0v) is 17.0. The summed E-state index contributed by atoms with van der Waals surface area (Å²) in [4.78, 5) is 34.0. The lowest BCUT2D eigenvalue weighted by Gasteiger charge is -2.32. The lowest BCUT2D eigenvalue weighted by molar-refractivity contribution is -0.143. The molecule has 1 aromatic carbocycles. The summed E-state index contributed by atoms with van der Waals surface area (Å²) in [6, 6.07) is 8.67. The molecule has 162 valence electrons. The van der Waals surface area contributed by atoms with Gasteiger partial charge in [0.1, 0.15) is 11.9 Å². The summed E-state index contributed by atoms with van der Waals surface area (Å²) in [5, 5.41) is 23.3. The number of fused-ring (bicyclic) bond motifs is 1. The Hall–Kier alpha value is -3.96. The average molecular weight is 433 g/mol. The number of carbonyl (C=O) groups excluding carboxylic acids is 1. The number of carbonyl (C=O) groups is 1. The number of H-pyrrole nitrogens is 1. The summed E-state index contributed by atoms with van der Waals surface area (Å²) in [5.74, 6) is -0.101. The fraction of sp³-hybridized carbons (Fsp3) is 0.238. The second-order valence-electron chi connectivity index (χ2n) is 7.42. The van der Waals surface area contributed by atoms with Crippen LogP contribution < -0.4 is 10.5 Å². The number of aliphatic hydroxyl groups is 1. The molecule has 1 fully saturated rings. The van der Waals surface area contributed by atoms with Crippen LogP contribution in [-0.4, -0.2) is 60.2 Å². The molecule has 1 saturated heterocycles. The monoisotopic (exact) mass is 433 g/mol. The van der Waals surface area contributed by atoms with Crippen molar-refractivity contribution in [2.75, 3.05) is 18.1 Å². The summed E-state index contributed by atoms with van der Waals surface area (Å²) in [5.41, 5.74) is 1.65. The second-order valence-corrected chi connectivity index (χ2v) is 7.42. The Bertz CT molecular complexity index is 1350. The summed E-state index contributed by atoms with van der Waals surface area (Å²) < 4.78 is 7.14. The Morgan fingerprint density at radius 3 is 2.91 bits per heavy atom. The number of amides is 1. The van der Waals surface area contributed by atoms with Crippen molar-refractivity contribution in [3.63, 3.8) is 0 Å². The van der Waals surface area contributed by atoms with E-state index in [1.54, 1.807) is 47.5 Å². The number of hydrogen-bond acceptors (Lipinski definition) is 8. The number of aromatic nitrogens is 6. The second kappa shape index (κ2) is 7.94. The number of hydrogen-bond donors (Lipinski definition) is 2. The first-order valence-corrected chi connectivity index (χ1v) is 9.95. The van der Waals surface area contributed by atoms with Crippen molar-refractivity contribution in [2.45, 2.75) is 19.1 Å². The minimum Gasteiger partial charge on any atom is -0.382 e. The topological polar surface area (TPSA) is 139 Å². The number of anilines is 1. The number of nitrogens with zero attached hydrogens (tertiary/aromatic N) is 6. The molecule has 1 aliphatic heterocycles. The van der Waals surface area contributed by atoms with Crippen LogP contribution in [0.1, 0.15) is 17.5 Å². The molecule has 2 atom stereocenters. The molecule has 0 radical (unpaired) electrons. The number of aryl methyl sites for hydroxylation is 1. The van der Waals surface area contributed by atoms with Gasteiger partial charge in [-0.25, -0.2) is 9.67 Å². The highest BCUT2D eigenvalue weighted by Crippen LogP contribution is 2.25. The third-order valence-corrected chi connectivity index (χ3v) is 5.25. The molecule has 11 nitrogen and oxygen atoms in total. The molecule has 1 aliphatic rings. The highest BCUT2D eigenvalue weighted by Gasteiger charge is 2.38. The number of aliphatic hydroxyl groups excluding tert-OH is 1. The van der Waals surface area contributed by atoms with E-state index in [1.807, 2.05) is 13.0 Å². The molecule has 4 aromatic rings. The van der Waals surface area contributed by atoms with Crippen LogP contribution in [0.3, 0.4) is 0 Å². The largest absolute Gasteiger partial charge is 0.382 e. The molecule has 2 N–H and O–H groups in total. The quantitative estimate of drug-likeness (QED) is 0.479. The smallest absolute Gasteiger partial charge is 0.260 e. The molecule has 5 rings (SSSR count). The zero-order chi connectivity index (χ0) is 22.2. The van der Waals surface area contributed by atoms with Crippen LogP contribution in [0.5, 0.6) is 0 Å². The number of nitrogens with one attached hydrogen (secondary N) is 1. The van der Waals surface area contributed by atoms with Gasteiger partial charge in [0.25, 0.3) is 11.5 Å². The number of aromatic amines is 1. The molecule has 2 unspecified atom stereocenters. The van der Waals surface area contributed by atoms with E-state index in [0.29, 0.717) is 22.4 Å². The minimum atomic E-state index is -1.45. The third-order valence-electron chi connectivity index (χ3n) is 5.25. The lowest BCUT2D eigenvalue weighted by Crippen LogP contribution is -2.50. The van der Waals surface area contributed by atoms with Crippen molar-refractivity contribution in [3.8, 4) is 5.69 Å². The fourth-order valence-corrected chi connectivity index (χ4v) is 3.64. The summed E-state index contributed by atoms with van der Waals surface area (Å²) in [6.07, 6.45) is 2.11. The summed E-state index contributed by atoms with van der Waals surface area (Å²) in [6.45, 7) is 2.33. The Labute approximate surface area is 181 Å². The molecular weight excluding hydrogens is 414 g/mol. The highest BCUT2D eigenvalue weighted by molar-refractivity contribution is 5.96. The van der Waals surface area contributed by atoms with Crippen molar-refractivity contribution >= 4 is 22.6 Å². The van der Waals surface area contributed by atoms with Crippen LogP contribution in [-0.2, 0) is 9.53 Å². The van der Waals surface area contributed by atoms with E-state index in [0.717, 1.165) is 5.56 Å². The van der Waals surface area contributed by atoms with Crippen molar-refractivity contribution in [3.05, 3.63) is 70.7 Å². The van der Waals surface area contributed by atoms with E-state index < -0.39 is 23.7 Å². The van der Waals surface area contributed by atoms with Gasteiger partial charge in [0.2, 0.25) is 0 Å². The van der Waals surface area contributed by atoms with Gasteiger partial charge in [0.15, 0.2) is 11.9 Å². The maximum Gasteiger partial charge on any atom is 0.260 e. The van der Waals surface area contributed by atoms with Gasteiger partial charge in [-0.3, -0.25) is 14.5 Å². The van der Waals surface area contributed by atoms with E-state index in [1.165, 1.54) is 4.90 Å². The normalized spacial score (nSPS) is 17.6. The maximum atomic E-state index is 13.1. The van der Waals surface area contributed by atoms with E-state index in [2.05, 4.69) is 25.3 Å². The molecule has 4 heterocycles. The number of ether oxygens (including phenoxy) is 1. The Morgan fingerprint density at radius 1 is 1.22 bits per heavy atom. The van der Waals surface area contributed by atoms with Gasteiger partial charge in [0.05, 0.1) is 42.1 Å². The number of benzene rings is 1. The van der Waals surface area contributed by atoms with Gasteiger partial charge in [-0.2, -0.15) is 10.2 Å². The molecule has 0 saturated carbocycles. The third kappa shape index (κ3) is 3.53. The summed E-state index contributed by atoms with van der Waals surface area (Å²) in [7, 11) is 0. The van der Waals surface area contributed by atoms with Gasteiger partial charge < -0.3 is 14.8 Å². The number of morpholine rings is 1. The zero-order valence-electron chi connectivity index (χ0n) is 17.0. The molecule has 1 amide bonds. The maximum absolute atomic E-state index is 13.1. The van der Waals surface area contributed by atoms with Crippen molar-refractivity contribution in [2.24, 2.45) is 0 Å². The standard InChI is InChI=1S/C21H19N7O4/c1-12-2-3-15-14(10-12)20(30)25-19(24-15)17(29)18-21(31)27(8-9-32-18)16-5-7-28(26-16)13-4-6-22-23-11-13/h2-7,10-11,17-18,29H,8-9H2,1H3,(H,24,25,30). The molecule has 0 aliphatic carbocycles. The van der Waals surface area contributed by atoms with Gasteiger partial charge in [-0.05, 0) is 25.1 Å². The molecular formula is C21H19N7O4. The van der Waals surface area contributed by atoms with E-state index in [9.17, 15) is 14.7 Å². The van der Waals surface area contributed by atoms with E-state index >= 15 is 0 Å². The van der Waals surface area contributed by atoms with Crippen molar-refractivity contribution in [1.82, 2.24) is 29.9 Å². The lowest BCUT2D eigenvalue weighted by atomic mass is 10.1. The van der Waals surface area contributed by atoms with Crippen LogP contribution in [0.4, 0.5) is 5.82 Å². The molecule has 11 heteroatoms. The Balaban J connectivity index is 1.42. The van der Waals surface area contributed by atoms with Crippen LogP contribution in [0.25, 0.3) is 16.6 Å². The minimum absolute atomic E-state index is 0.0278.